The second-order valence-electron chi connectivity index (χ2n) is 4.88. The number of nitrogens with zero attached hydrogens (tertiary/aromatic N) is 1. The van der Waals surface area contributed by atoms with Crippen LogP contribution in [0.1, 0.15) is 24.2 Å². The van der Waals surface area contributed by atoms with E-state index in [4.69, 9.17) is 15.4 Å². The normalized spacial score (nSPS) is 12.4. The standard InChI is InChI=1S/C16H17N3O4/c1-10(18)13(8-17)14(20)9-23-16(22)11(2)19-15(21)12-6-4-3-5-7-12/h3-7,11,13,18H,9H2,1-2H3,(H,19,21)/t11-,13-/m0/s1. The molecule has 0 heterocycles. The van der Waals surface area contributed by atoms with E-state index in [1.165, 1.54) is 13.8 Å². The summed E-state index contributed by atoms with van der Waals surface area (Å²) in [4.78, 5) is 35.3. The lowest BCUT2D eigenvalue weighted by Crippen LogP contribution is -2.40. The number of esters is 1. The summed E-state index contributed by atoms with van der Waals surface area (Å²) in [6.45, 7) is 2.15. The van der Waals surface area contributed by atoms with Gasteiger partial charge in [0.15, 0.2) is 12.4 Å². The number of amides is 1. The minimum Gasteiger partial charge on any atom is -0.456 e. The van der Waals surface area contributed by atoms with E-state index in [0.717, 1.165) is 0 Å². The van der Waals surface area contributed by atoms with Gasteiger partial charge < -0.3 is 15.5 Å². The van der Waals surface area contributed by atoms with Crippen molar-refractivity contribution in [1.29, 1.82) is 10.7 Å². The summed E-state index contributed by atoms with van der Waals surface area (Å²) in [5.74, 6) is -3.12. The Morgan fingerprint density at radius 1 is 1.30 bits per heavy atom. The van der Waals surface area contributed by atoms with E-state index >= 15 is 0 Å². The van der Waals surface area contributed by atoms with Gasteiger partial charge in [-0.25, -0.2) is 4.79 Å². The predicted octanol–water partition coefficient (Wildman–Crippen LogP) is 1.10. The minimum absolute atomic E-state index is 0.112. The third-order valence-electron chi connectivity index (χ3n) is 2.98. The third-order valence-corrected chi connectivity index (χ3v) is 2.98. The van der Waals surface area contributed by atoms with E-state index < -0.39 is 36.2 Å². The lowest BCUT2D eigenvalue weighted by molar-refractivity contribution is -0.149. The van der Waals surface area contributed by atoms with Crippen LogP contribution in [0.25, 0.3) is 0 Å². The van der Waals surface area contributed by atoms with E-state index in [9.17, 15) is 14.4 Å². The number of hydrogen-bond acceptors (Lipinski definition) is 6. The van der Waals surface area contributed by atoms with Gasteiger partial charge >= 0.3 is 5.97 Å². The molecule has 1 aromatic carbocycles. The predicted molar refractivity (Wildman–Crippen MR) is 81.8 cm³/mol. The fourth-order valence-electron chi connectivity index (χ4n) is 1.69. The minimum atomic E-state index is -1.22. The van der Waals surface area contributed by atoms with E-state index in [0.29, 0.717) is 5.56 Å². The maximum absolute atomic E-state index is 11.9. The maximum atomic E-state index is 11.9. The lowest BCUT2D eigenvalue weighted by Gasteiger charge is -2.14. The Labute approximate surface area is 133 Å². The number of carbonyl (C=O) groups excluding carboxylic acids is 3. The fraction of sp³-hybridized carbons (Fsp3) is 0.312. The summed E-state index contributed by atoms with van der Waals surface area (Å²) in [5, 5.41) is 18.5. The van der Waals surface area contributed by atoms with Crippen molar-refractivity contribution in [2.75, 3.05) is 6.61 Å². The van der Waals surface area contributed by atoms with E-state index in [-0.39, 0.29) is 5.71 Å². The van der Waals surface area contributed by atoms with Crippen LogP contribution in [0.4, 0.5) is 0 Å². The first kappa shape index (κ1) is 18.0. The molecule has 2 N–H and O–H groups in total. The van der Waals surface area contributed by atoms with Crippen LogP contribution in [0.5, 0.6) is 0 Å². The molecule has 120 valence electrons. The number of Topliss-reactive ketones (excluding diaryl/α,β-unsaturated/α-hetero) is 1. The number of carbonyl (C=O) groups is 3. The molecule has 1 rings (SSSR count). The Morgan fingerprint density at radius 2 is 1.91 bits per heavy atom. The van der Waals surface area contributed by atoms with Gasteiger partial charge in [0.05, 0.1) is 6.07 Å². The number of nitrogens with one attached hydrogen (secondary N) is 2. The van der Waals surface area contributed by atoms with Gasteiger partial charge in [0.25, 0.3) is 5.91 Å². The number of ketones is 1. The van der Waals surface area contributed by atoms with Crippen molar-refractivity contribution in [2.24, 2.45) is 5.92 Å². The first-order chi connectivity index (χ1) is 10.9. The first-order valence-corrected chi connectivity index (χ1v) is 6.86. The van der Waals surface area contributed by atoms with Gasteiger partial charge in [0.1, 0.15) is 12.0 Å². The molecule has 0 unspecified atom stereocenters. The number of rotatable bonds is 7. The zero-order valence-electron chi connectivity index (χ0n) is 12.8. The summed E-state index contributed by atoms with van der Waals surface area (Å²) in [6.07, 6.45) is 0. The molecular weight excluding hydrogens is 298 g/mol. The van der Waals surface area contributed by atoms with E-state index in [2.05, 4.69) is 5.32 Å². The smallest absolute Gasteiger partial charge is 0.328 e. The molecule has 0 aliphatic heterocycles. The van der Waals surface area contributed by atoms with Crippen LogP contribution >= 0.6 is 0 Å². The molecular formula is C16H17N3O4. The van der Waals surface area contributed by atoms with Crippen molar-refractivity contribution in [3.8, 4) is 6.07 Å². The molecule has 2 atom stereocenters. The van der Waals surface area contributed by atoms with Crippen LogP contribution in [-0.4, -0.2) is 36.0 Å². The first-order valence-electron chi connectivity index (χ1n) is 6.86. The fourth-order valence-corrected chi connectivity index (χ4v) is 1.69. The van der Waals surface area contributed by atoms with Crippen LogP contribution in [-0.2, 0) is 14.3 Å². The number of nitriles is 1. The molecule has 0 fully saturated rings. The lowest BCUT2D eigenvalue weighted by atomic mass is 10.0. The van der Waals surface area contributed by atoms with Crippen molar-refractivity contribution >= 4 is 23.4 Å². The second-order valence-corrected chi connectivity index (χ2v) is 4.88. The molecule has 0 saturated carbocycles. The highest BCUT2D eigenvalue weighted by atomic mass is 16.5. The SMILES string of the molecule is CC(=N)[C@H](C#N)C(=O)COC(=O)[C@H](C)NC(=O)c1ccccc1. The molecule has 1 amide bonds. The third kappa shape index (κ3) is 5.36. The maximum Gasteiger partial charge on any atom is 0.328 e. The number of ether oxygens (including phenoxy) is 1. The van der Waals surface area contributed by atoms with Gasteiger partial charge in [-0.2, -0.15) is 5.26 Å². The van der Waals surface area contributed by atoms with Crippen molar-refractivity contribution in [3.05, 3.63) is 35.9 Å². The Morgan fingerprint density at radius 3 is 2.43 bits per heavy atom. The van der Waals surface area contributed by atoms with Crippen molar-refractivity contribution < 1.29 is 19.1 Å². The zero-order valence-corrected chi connectivity index (χ0v) is 12.8. The quantitative estimate of drug-likeness (QED) is 0.576. The van der Waals surface area contributed by atoms with Gasteiger partial charge in [-0.05, 0) is 26.0 Å². The average molecular weight is 315 g/mol. The van der Waals surface area contributed by atoms with Gasteiger partial charge in [0, 0.05) is 11.3 Å². The van der Waals surface area contributed by atoms with Gasteiger partial charge in [-0.3, -0.25) is 9.59 Å². The summed E-state index contributed by atoms with van der Waals surface area (Å²) in [5.41, 5.74) is 0.283. The molecule has 7 heteroatoms. The van der Waals surface area contributed by atoms with Crippen LogP contribution in [0.2, 0.25) is 0 Å². The zero-order chi connectivity index (χ0) is 17.4. The molecule has 0 saturated heterocycles. The Hall–Kier alpha value is -3.01. The summed E-state index contributed by atoms with van der Waals surface area (Å²) >= 11 is 0. The molecule has 0 radical (unpaired) electrons. The molecule has 7 nitrogen and oxygen atoms in total. The largest absolute Gasteiger partial charge is 0.456 e. The highest BCUT2D eigenvalue weighted by Crippen LogP contribution is 2.02. The van der Waals surface area contributed by atoms with Crippen LogP contribution in [0, 0.1) is 22.7 Å². The van der Waals surface area contributed by atoms with Crippen molar-refractivity contribution in [2.45, 2.75) is 19.9 Å². The average Bonchev–Trinajstić information content (AvgIpc) is 2.53. The van der Waals surface area contributed by atoms with Crippen molar-refractivity contribution in [3.63, 3.8) is 0 Å². The van der Waals surface area contributed by atoms with Crippen LogP contribution in [0.3, 0.4) is 0 Å². The Kier molecular flexibility index (Phi) is 6.62. The molecule has 0 spiro atoms. The number of benzene rings is 1. The van der Waals surface area contributed by atoms with Crippen LogP contribution < -0.4 is 5.32 Å². The summed E-state index contributed by atoms with van der Waals surface area (Å²) in [6, 6.07) is 9.07. The molecule has 1 aromatic rings. The molecule has 0 aromatic heterocycles. The molecule has 23 heavy (non-hydrogen) atoms. The Balaban J connectivity index is 2.52. The van der Waals surface area contributed by atoms with Crippen molar-refractivity contribution in [1.82, 2.24) is 5.32 Å². The van der Waals surface area contributed by atoms with E-state index in [1.54, 1.807) is 36.4 Å². The molecule has 0 aliphatic rings. The number of hydrogen-bond donors (Lipinski definition) is 2. The molecule has 0 aliphatic carbocycles. The summed E-state index contributed by atoms with van der Waals surface area (Å²) in [7, 11) is 0. The highest BCUT2D eigenvalue weighted by molar-refractivity contribution is 6.06. The highest BCUT2D eigenvalue weighted by Gasteiger charge is 2.23. The van der Waals surface area contributed by atoms with E-state index in [1.807, 2.05) is 0 Å². The molecule has 0 bridgehead atoms. The van der Waals surface area contributed by atoms with Crippen LogP contribution in [0.15, 0.2) is 30.3 Å². The van der Waals surface area contributed by atoms with Gasteiger partial charge in [0.2, 0.25) is 0 Å². The topological polar surface area (TPSA) is 120 Å². The second kappa shape index (κ2) is 8.44. The summed E-state index contributed by atoms with van der Waals surface area (Å²) < 4.78 is 4.78. The Bertz CT molecular complexity index is 649. The van der Waals surface area contributed by atoms with Gasteiger partial charge in [-0.15, -0.1) is 0 Å². The van der Waals surface area contributed by atoms with Gasteiger partial charge in [-0.1, -0.05) is 18.2 Å². The monoisotopic (exact) mass is 315 g/mol.